The maximum Gasteiger partial charge on any atom is 0.179 e. The fourth-order valence-corrected chi connectivity index (χ4v) is 4.63. The fraction of sp³-hybridized carbons (Fsp3) is 0.450. The third-order valence-corrected chi connectivity index (χ3v) is 6.49. The zero-order valence-corrected chi connectivity index (χ0v) is 18.1. The van der Waals surface area contributed by atoms with Crippen LogP contribution in [-0.4, -0.2) is 38.7 Å². The Balaban J connectivity index is 1.71. The van der Waals surface area contributed by atoms with Crippen molar-refractivity contribution in [3.8, 4) is 0 Å². The van der Waals surface area contributed by atoms with Gasteiger partial charge in [0.2, 0.25) is 0 Å². The number of nitrogens with zero attached hydrogens (tertiary/aromatic N) is 5. The number of hydrogen-bond donors (Lipinski definition) is 0. The molecule has 2 aromatic heterocycles. The van der Waals surface area contributed by atoms with E-state index in [1.807, 2.05) is 29.9 Å². The van der Waals surface area contributed by atoms with Gasteiger partial charge in [-0.15, -0.1) is 11.6 Å². The average Bonchev–Trinajstić information content (AvgIpc) is 3.03. The Morgan fingerprint density at radius 2 is 1.96 bits per heavy atom. The molecule has 0 bridgehead atoms. The highest BCUT2D eigenvalue weighted by molar-refractivity contribution is 6.35. The molecule has 148 valence electrons. The summed E-state index contributed by atoms with van der Waals surface area (Å²) in [5.74, 6) is 2.20. The molecule has 0 amide bonds. The summed E-state index contributed by atoms with van der Waals surface area (Å²) in [7, 11) is 0. The van der Waals surface area contributed by atoms with Crippen molar-refractivity contribution in [3.63, 3.8) is 0 Å². The Kier molecular flexibility index (Phi) is 5.68. The molecule has 5 nitrogen and oxygen atoms in total. The first-order valence-corrected chi connectivity index (χ1v) is 10.7. The van der Waals surface area contributed by atoms with Crippen LogP contribution in [0.15, 0.2) is 24.4 Å². The summed E-state index contributed by atoms with van der Waals surface area (Å²) in [6, 6.07) is 5.45. The van der Waals surface area contributed by atoms with Crippen LogP contribution < -0.4 is 4.90 Å². The van der Waals surface area contributed by atoms with Gasteiger partial charge < -0.3 is 4.90 Å². The lowest BCUT2D eigenvalue weighted by Gasteiger charge is -2.31. The Morgan fingerprint density at radius 1 is 1.21 bits per heavy atom. The standard InChI is InChI=1S/C20H22Cl3N5/c1-12-19-20(25-18(11-24-19)27-7-5-14(10-21)6-8-27)28(26-12)13(2)16-4-3-15(22)9-17(16)23/h3-4,9,11,13-14H,5-8,10H2,1-2H3. The zero-order chi connectivity index (χ0) is 19.8. The molecule has 1 aromatic carbocycles. The molecule has 28 heavy (non-hydrogen) atoms. The van der Waals surface area contributed by atoms with E-state index in [4.69, 9.17) is 44.9 Å². The van der Waals surface area contributed by atoms with Crippen LogP contribution in [0, 0.1) is 12.8 Å². The van der Waals surface area contributed by atoms with Gasteiger partial charge in [0, 0.05) is 29.0 Å². The van der Waals surface area contributed by atoms with E-state index in [1.165, 1.54) is 0 Å². The lowest BCUT2D eigenvalue weighted by molar-refractivity contribution is 0.441. The van der Waals surface area contributed by atoms with Crippen molar-refractivity contribution in [1.82, 2.24) is 19.7 Å². The van der Waals surface area contributed by atoms with Crippen LogP contribution in [-0.2, 0) is 0 Å². The predicted molar refractivity (Wildman–Crippen MR) is 116 cm³/mol. The molecule has 0 spiro atoms. The van der Waals surface area contributed by atoms with Crippen molar-refractivity contribution in [2.45, 2.75) is 32.7 Å². The minimum Gasteiger partial charge on any atom is -0.355 e. The minimum absolute atomic E-state index is 0.0903. The summed E-state index contributed by atoms with van der Waals surface area (Å²) in [6.45, 7) is 5.91. The van der Waals surface area contributed by atoms with Crippen molar-refractivity contribution >= 4 is 51.8 Å². The van der Waals surface area contributed by atoms with E-state index in [2.05, 4.69) is 16.8 Å². The number of alkyl halides is 1. The van der Waals surface area contributed by atoms with Gasteiger partial charge in [0.1, 0.15) is 11.3 Å². The summed E-state index contributed by atoms with van der Waals surface area (Å²) >= 11 is 18.5. The van der Waals surface area contributed by atoms with Crippen molar-refractivity contribution in [2.75, 3.05) is 23.9 Å². The highest BCUT2D eigenvalue weighted by atomic mass is 35.5. The summed E-state index contributed by atoms with van der Waals surface area (Å²) in [5.41, 5.74) is 3.39. The first-order valence-electron chi connectivity index (χ1n) is 9.45. The van der Waals surface area contributed by atoms with E-state index in [0.29, 0.717) is 16.0 Å². The second-order valence-electron chi connectivity index (χ2n) is 7.36. The maximum absolute atomic E-state index is 6.43. The van der Waals surface area contributed by atoms with Crippen LogP contribution in [0.3, 0.4) is 0 Å². The van der Waals surface area contributed by atoms with Gasteiger partial charge in [0.15, 0.2) is 5.65 Å². The molecule has 1 saturated heterocycles. The molecule has 0 aliphatic carbocycles. The Hall–Kier alpha value is -1.56. The number of aryl methyl sites for hydroxylation is 1. The molecule has 3 aromatic rings. The molecule has 1 fully saturated rings. The Bertz CT molecular complexity index is 995. The van der Waals surface area contributed by atoms with Gasteiger partial charge in [0.25, 0.3) is 0 Å². The number of halogens is 3. The lowest BCUT2D eigenvalue weighted by Crippen LogP contribution is -2.34. The van der Waals surface area contributed by atoms with Crippen LogP contribution in [0.5, 0.6) is 0 Å². The third kappa shape index (κ3) is 3.68. The molecular weight excluding hydrogens is 417 g/mol. The number of anilines is 1. The van der Waals surface area contributed by atoms with Crippen LogP contribution in [0.25, 0.3) is 11.2 Å². The molecule has 0 radical (unpaired) electrons. The highest BCUT2D eigenvalue weighted by Gasteiger charge is 2.23. The SMILES string of the molecule is Cc1nn(C(C)c2ccc(Cl)cc2Cl)c2nc(N3CCC(CCl)CC3)cnc12. The van der Waals surface area contributed by atoms with Gasteiger partial charge in [-0.1, -0.05) is 29.3 Å². The van der Waals surface area contributed by atoms with Gasteiger partial charge >= 0.3 is 0 Å². The number of hydrogen-bond acceptors (Lipinski definition) is 4. The molecule has 1 atom stereocenters. The van der Waals surface area contributed by atoms with Gasteiger partial charge in [0.05, 0.1) is 17.9 Å². The first-order chi connectivity index (χ1) is 13.5. The fourth-order valence-electron chi connectivity index (χ4n) is 3.75. The largest absolute Gasteiger partial charge is 0.355 e. The Morgan fingerprint density at radius 3 is 2.64 bits per heavy atom. The summed E-state index contributed by atoms with van der Waals surface area (Å²) in [4.78, 5) is 11.9. The number of benzene rings is 1. The van der Waals surface area contributed by atoms with Crippen LogP contribution in [0.2, 0.25) is 10.0 Å². The Labute approximate surface area is 179 Å². The molecule has 8 heteroatoms. The van der Waals surface area contributed by atoms with Crippen molar-refractivity contribution < 1.29 is 0 Å². The van der Waals surface area contributed by atoms with E-state index >= 15 is 0 Å². The van der Waals surface area contributed by atoms with E-state index in [-0.39, 0.29) is 6.04 Å². The second kappa shape index (κ2) is 8.05. The van der Waals surface area contributed by atoms with Gasteiger partial charge in [-0.2, -0.15) is 5.10 Å². The maximum atomic E-state index is 6.43. The monoisotopic (exact) mass is 437 g/mol. The van der Waals surface area contributed by atoms with Crippen LogP contribution in [0.4, 0.5) is 5.82 Å². The smallest absolute Gasteiger partial charge is 0.179 e. The van der Waals surface area contributed by atoms with Crippen molar-refractivity contribution in [2.24, 2.45) is 5.92 Å². The number of piperidine rings is 1. The van der Waals surface area contributed by atoms with Crippen LogP contribution in [0.1, 0.15) is 37.1 Å². The number of fused-ring (bicyclic) bond motifs is 1. The lowest BCUT2D eigenvalue weighted by atomic mass is 9.99. The summed E-state index contributed by atoms with van der Waals surface area (Å²) < 4.78 is 1.90. The highest BCUT2D eigenvalue weighted by Crippen LogP contribution is 2.31. The minimum atomic E-state index is -0.0903. The van der Waals surface area contributed by atoms with E-state index in [0.717, 1.165) is 60.1 Å². The summed E-state index contributed by atoms with van der Waals surface area (Å²) in [6.07, 6.45) is 4.01. The molecular formula is C20H22Cl3N5. The van der Waals surface area contributed by atoms with E-state index in [1.54, 1.807) is 6.07 Å². The molecule has 0 N–H and O–H groups in total. The first kappa shape index (κ1) is 19.7. The third-order valence-electron chi connectivity index (χ3n) is 5.50. The van der Waals surface area contributed by atoms with E-state index < -0.39 is 0 Å². The normalized spacial score (nSPS) is 16.7. The van der Waals surface area contributed by atoms with Crippen molar-refractivity contribution in [3.05, 3.63) is 45.7 Å². The molecule has 1 aliphatic heterocycles. The quantitative estimate of drug-likeness (QED) is 0.504. The second-order valence-corrected chi connectivity index (χ2v) is 8.51. The zero-order valence-electron chi connectivity index (χ0n) is 15.9. The molecule has 4 rings (SSSR count). The topological polar surface area (TPSA) is 46.8 Å². The molecule has 0 saturated carbocycles. The number of aromatic nitrogens is 4. The number of rotatable bonds is 4. The average molecular weight is 439 g/mol. The molecule has 3 heterocycles. The molecule has 1 aliphatic rings. The van der Waals surface area contributed by atoms with Gasteiger partial charge in [-0.25, -0.2) is 14.6 Å². The van der Waals surface area contributed by atoms with Crippen LogP contribution >= 0.6 is 34.8 Å². The van der Waals surface area contributed by atoms with Gasteiger partial charge in [-0.3, -0.25) is 0 Å². The van der Waals surface area contributed by atoms with Crippen molar-refractivity contribution in [1.29, 1.82) is 0 Å². The molecule has 1 unspecified atom stereocenters. The van der Waals surface area contributed by atoms with E-state index in [9.17, 15) is 0 Å². The summed E-state index contributed by atoms with van der Waals surface area (Å²) in [5, 5.41) is 5.94. The predicted octanol–water partition coefficient (Wildman–Crippen LogP) is 5.51. The van der Waals surface area contributed by atoms with Gasteiger partial charge in [-0.05, 0) is 50.3 Å².